The zero-order valence-electron chi connectivity index (χ0n) is 12.2. The summed E-state index contributed by atoms with van der Waals surface area (Å²) < 4.78 is 19.0. The van der Waals surface area contributed by atoms with Crippen molar-refractivity contribution in [1.29, 1.82) is 0 Å². The number of hydrogen-bond donors (Lipinski definition) is 0. The van der Waals surface area contributed by atoms with Crippen LogP contribution in [0, 0.1) is 17.7 Å². The average molecular weight is 311 g/mol. The van der Waals surface area contributed by atoms with Gasteiger partial charge in [0.2, 0.25) is 0 Å². The molecule has 21 heavy (non-hydrogen) atoms. The van der Waals surface area contributed by atoms with Gasteiger partial charge in [-0.15, -0.1) is 11.6 Å². The molecule has 0 spiro atoms. The molecule has 1 saturated heterocycles. The summed E-state index contributed by atoms with van der Waals surface area (Å²) >= 11 is 5.54. The second kappa shape index (κ2) is 8.23. The quantitative estimate of drug-likeness (QED) is 0.625. The van der Waals surface area contributed by atoms with Gasteiger partial charge >= 0.3 is 0 Å². The lowest BCUT2D eigenvalue weighted by atomic mass is 10.2. The third kappa shape index (κ3) is 5.20. The van der Waals surface area contributed by atoms with Crippen LogP contribution in [0.2, 0.25) is 0 Å². The molecule has 5 heteroatoms. The van der Waals surface area contributed by atoms with E-state index in [9.17, 15) is 4.39 Å². The van der Waals surface area contributed by atoms with Gasteiger partial charge in [-0.1, -0.05) is 11.8 Å². The first-order valence-electron chi connectivity index (χ1n) is 7.07. The second-order valence-electron chi connectivity index (χ2n) is 5.07. The predicted octanol–water partition coefficient (Wildman–Crippen LogP) is 2.04. The maximum Gasteiger partial charge on any atom is 0.135 e. The summed E-state index contributed by atoms with van der Waals surface area (Å²) in [6.07, 6.45) is 0. The molecule has 1 heterocycles. The Kier molecular flexibility index (Phi) is 6.31. The molecule has 0 N–H and O–H groups in total. The number of ether oxygens (including phenoxy) is 1. The fourth-order valence-corrected chi connectivity index (χ4v) is 2.28. The SMILES string of the molecule is CN1CCN(CCOc2ccc(F)cc2C#CCCl)CC1. The van der Waals surface area contributed by atoms with Gasteiger partial charge in [-0.05, 0) is 25.2 Å². The molecule has 0 radical (unpaired) electrons. The van der Waals surface area contributed by atoms with Crippen molar-refractivity contribution in [2.45, 2.75) is 0 Å². The molecular weight excluding hydrogens is 291 g/mol. The first-order chi connectivity index (χ1) is 10.2. The van der Waals surface area contributed by atoms with Crippen molar-refractivity contribution >= 4 is 11.6 Å². The number of alkyl halides is 1. The molecular formula is C16H20ClFN2O. The smallest absolute Gasteiger partial charge is 0.135 e. The maximum atomic E-state index is 13.3. The van der Waals surface area contributed by atoms with Crippen LogP contribution < -0.4 is 4.74 Å². The molecule has 2 rings (SSSR count). The fraction of sp³-hybridized carbons (Fsp3) is 0.500. The molecule has 1 aliphatic heterocycles. The lowest BCUT2D eigenvalue weighted by Gasteiger charge is -2.32. The number of likely N-dealkylation sites (N-methyl/N-ethyl adjacent to an activating group) is 1. The number of rotatable bonds is 4. The monoisotopic (exact) mass is 310 g/mol. The van der Waals surface area contributed by atoms with Gasteiger partial charge in [-0.3, -0.25) is 4.90 Å². The lowest BCUT2D eigenvalue weighted by Crippen LogP contribution is -2.45. The van der Waals surface area contributed by atoms with E-state index in [-0.39, 0.29) is 11.7 Å². The van der Waals surface area contributed by atoms with E-state index in [1.807, 2.05) is 0 Å². The van der Waals surface area contributed by atoms with Crippen LogP contribution in [0.1, 0.15) is 5.56 Å². The van der Waals surface area contributed by atoms with Crippen molar-refractivity contribution in [3.8, 4) is 17.6 Å². The molecule has 1 aromatic rings. The Labute approximate surface area is 130 Å². The summed E-state index contributed by atoms with van der Waals surface area (Å²) in [5.41, 5.74) is 0.550. The van der Waals surface area contributed by atoms with E-state index in [1.165, 1.54) is 12.1 Å². The van der Waals surface area contributed by atoms with Crippen LogP contribution in [0.4, 0.5) is 4.39 Å². The van der Waals surface area contributed by atoms with E-state index in [4.69, 9.17) is 16.3 Å². The highest BCUT2D eigenvalue weighted by atomic mass is 35.5. The molecule has 114 valence electrons. The lowest BCUT2D eigenvalue weighted by molar-refractivity contribution is 0.133. The number of benzene rings is 1. The Morgan fingerprint density at radius 1 is 1.29 bits per heavy atom. The average Bonchev–Trinajstić information content (AvgIpc) is 2.49. The molecule has 1 fully saturated rings. The number of nitrogens with zero attached hydrogens (tertiary/aromatic N) is 2. The minimum absolute atomic E-state index is 0.219. The topological polar surface area (TPSA) is 15.7 Å². The molecule has 0 saturated carbocycles. The highest BCUT2D eigenvalue weighted by Crippen LogP contribution is 2.18. The van der Waals surface area contributed by atoms with Crippen LogP contribution in [0.15, 0.2) is 18.2 Å². The van der Waals surface area contributed by atoms with E-state index in [0.717, 1.165) is 32.7 Å². The zero-order valence-corrected chi connectivity index (χ0v) is 13.0. The van der Waals surface area contributed by atoms with Crippen LogP contribution in [0.5, 0.6) is 5.75 Å². The normalized spacial score (nSPS) is 16.3. The maximum absolute atomic E-state index is 13.3. The minimum Gasteiger partial charge on any atom is -0.491 e. The Morgan fingerprint density at radius 2 is 2.05 bits per heavy atom. The predicted molar refractivity (Wildman–Crippen MR) is 83.4 cm³/mol. The third-order valence-corrected chi connectivity index (χ3v) is 3.63. The largest absolute Gasteiger partial charge is 0.491 e. The Hall–Kier alpha value is -1.28. The molecule has 0 aliphatic carbocycles. The Balaban J connectivity index is 1.88. The summed E-state index contributed by atoms with van der Waals surface area (Å²) in [5.74, 6) is 6.07. The van der Waals surface area contributed by atoms with Gasteiger partial charge in [-0.2, -0.15) is 0 Å². The molecule has 0 aromatic heterocycles. The molecule has 3 nitrogen and oxygen atoms in total. The molecule has 0 atom stereocenters. The third-order valence-electron chi connectivity index (χ3n) is 3.49. The first kappa shape index (κ1) is 16.1. The van der Waals surface area contributed by atoms with Crippen molar-refractivity contribution in [3.63, 3.8) is 0 Å². The Bertz CT molecular complexity index is 519. The highest BCUT2D eigenvalue weighted by Gasteiger charge is 2.13. The van der Waals surface area contributed by atoms with E-state index >= 15 is 0 Å². The second-order valence-corrected chi connectivity index (χ2v) is 5.34. The first-order valence-corrected chi connectivity index (χ1v) is 7.60. The van der Waals surface area contributed by atoms with Crippen LogP contribution >= 0.6 is 11.6 Å². The van der Waals surface area contributed by atoms with Crippen molar-refractivity contribution in [2.24, 2.45) is 0 Å². The summed E-state index contributed by atoms with van der Waals surface area (Å²) in [7, 11) is 2.13. The van der Waals surface area contributed by atoms with Gasteiger partial charge in [0.1, 0.15) is 18.2 Å². The van der Waals surface area contributed by atoms with E-state index < -0.39 is 0 Å². The van der Waals surface area contributed by atoms with Crippen molar-refractivity contribution < 1.29 is 9.13 Å². The Morgan fingerprint density at radius 3 is 2.76 bits per heavy atom. The van der Waals surface area contributed by atoms with Crippen LogP contribution in [-0.4, -0.2) is 62.1 Å². The zero-order chi connectivity index (χ0) is 15.1. The summed E-state index contributed by atoms with van der Waals surface area (Å²) in [4.78, 5) is 4.69. The van der Waals surface area contributed by atoms with E-state index in [0.29, 0.717) is 17.9 Å². The van der Waals surface area contributed by atoms with Gasteiger partial charge in [-0.25, -0.2) is 4.39 Å². The van der Waals surface area contributed by atoms with Gasteiger partial charge in [0.25, 0.3) is 0 Å². The summed E-state index contributed by atoms with van der Waals surface area (Å²) in [6, 6.07) is 4.39. The van der Waals surface area contributed by atoms with Gasteiger partial charge < -0.3 is 9.64 Å². The standard InChI is InChI=1S/C16H20ClFN2O/c1-19-7-9-20(10-8-19)11-12-21-16-5-4-15(18)13-14(16)3-2-6-17/h4-5,13H,6-12H2,1H3. The van der Waals surface area contributed by atoms with Gasteiger partial charge in [0.05, 0.1) is 11.4 Å². The molecule has 0 bridgehead atoms. The molecule has 1 aromatic carbocycles. The van der Waals surface area contributed by atoms with Crippen LogP contribution in [0.3, 0.4) is 0 Å². The van der Waals surface area contributed by atoms with Gasteiger partial charge in [0, 0.05) is 32.7 Å². The van der Waals surface area contributed by atoms with Gasteiger partial charge in [0.15, 0.2) is 0 Å². The summed E-state index contributed by atoms with van der Waals surface area (Å²) in [5, 5.41) is 0. The number of piperazine rings is 1. The van der Waals surface area contributed by atoms with Crippen molar-refractivity contribution in [3.05, 3.63) is 29.6 Å². The van der Waals surface area contributed by atoms with E-state index in [1.54, 1.807) is 6.07 Å². The molecule has 0 unspecified atom stereocenters. The van der Waals surface area contributed by atoms with Crippen LogP contribution in [0.25, 0.3) is 0 Å². The van der Waals surface area contributed by atoms with Crippen molar-refractivity contribution in [2.75, 3.05) is 52.3 Å². The number of halogens is 2. The minimum atomic E-state index is -0.319. The highest BCUT2D eigenvalue weighted by molar-refractivity contribution is 6.19. The molecule has 1 aliphatic rings. The summed E-state index contributed by atoms with van der Waals surface area (Å²) in [6.45, 7) is 5.73. The van der Waals surface area contributed by atoms with Crippen LogP contribution in [-0.2, 0) is 0 Å². The van der Waals surface area contributed by atoms with Crippen molar-refractivity contribution in [1.82, 2.24) is 9.80 Å². The fourth-order valence-electron chi connectivity index (χ4n) is 2.21. The number of hydrogen-bond acceptors (Lipinski definition) is 3. The van der Waals surface area contributed by atoms with E-state index in [2.05, 4.69) is 28.7 Å². The molecule has 0 amide bonds.